The second kappa shape index (κ2) is 6.85. The van der Waals surface area contributed by atoms with Crippen LogP contribution in [0.3, 0.4) is 0 Å². The van der Waals surface area contributed by atoms with E-state index in [1.165, 1.54) is 0 Å². The summed E-state index contributed by atoms with van der Waals surface area (Å²) < 4.78 is 5.62. The van der Waals surface area contributed by atoms with Crippen LogP contribution < -0.4 is 5.32 Å². The number of hydrogen-bond donors (Lipinski definition) is 1. The Morgan fingerprint density at radius 1 is 1.56 bits per heavy atom. The summed E-state index contributed by atoms with van der Waals surface area (Å²) in [5, 5.41) is 2.92. The Kier molecular flexibility index (Phi) is 5.75. The Morgan fingerprint density at radius 3 is 2.89 bits per heavy atom. The van der Waals surface area contributed by atoms with Crippen LogP contribution in [0.5, 0.6) is 0 Å². The van der Waals surface area contributed by atoms with Crippen molar-refractivity contribution in [2.24, 2.45) is 5.41 Å². The minimum absolute atomic E-state index is 0.0142. The second-order valence-corrected chi connectivity index (χ2v) is 5.68. The van der Waals surface area contributed by atoms with Crippen molar-refractivity contribution in [3.8, 4) is 0 Å². The normalized spacial score (nSPS) is 11.3. The lowest BCUT2D eigenvalue weighted by molar-refractivity contribution is 0.0919. The van der Waals surface area contributed by atoms with Crippen LogP contribution in [0.1, 0.15) is 30.6 Å². The third-order valence-corrected chi connectivity index (χ3v) is 3.35. The number of methoxy groups -OCH3 is 1. The lowest BCUT2D eigenvalue weighted by Crippen LogP contribution is -2.34. The highest BCUT2D eigenvalue weighted by Gasteiger charge is 2.19. The molecule has 0 aliphatic carbocycles. The summed E-state index contributed by atoms with van der Waals surface area (Å²) in [5.41, 5.74) is 0.570. The zero-order chi connectivity index (χ0) is 13.6. The van der Waals surface area contributed by atoms with Gasteiger partial charge in [0.1, 0.15) is 4.60 Å². The van der Waals surface area contributed by atoms with E-state index in [1.807, 2.05) is 0 Å². The van der Waals surface area contributed by atoms with Gasteiger partial charge in [-0.1, -0.05) is 13.8 Å². The summed E-state index contributed by atoms with van der Waals surface area (Å²) in [5.74, 6) is -0.111. The molecule has 0 aliphatic rings. The molecule has 0 atom stereocenters. The maximum atomic E-state index is 12.0. The molecular weight excluding hydrogens is 296 g/mol. The zero-order valence-electron chi connectivity index (χ0n) is 11.0. The van der Waals surface area contributed by atoms with Crippen LogP contribution in [0.15, 0.2) is 22.9 Å². The highest BCUT2D eigenvalue weighted by Crippen LogP contribution is 2.19. The van der Waals surface area contributed by atoms with Crippen molar-refractivity contribution in [1.29, 1.82) is 0 Å². The van der Waals surface area contributed by atoms with Crippen LogP contribution >= 0.6 is 15.9 Å². The number of amides is 1. The van der Waals surface area contributed by atoms with Crippen LogP contribution in [-0.2, 0) is 4.74 Å². The molecule has 0 radical (unpaired) electrons. The Hall–Kier alpha value is -0.940. The summed E-state index contributed by atoms with van der Waals surface area (Å²) in [6, 6.07) is 3.49. The smallest absolute Gasteiger partial charge is 0.254 e. The van der Waals surface area contributed by atoms with Gasteiger partial charge in [0.05, 0.1) is 5.56 Å². The number of aromatic nitrogens is 1. The molecule has 1 N–H and O–H groups in total. The van der Waals surface area contributed by atoms with E-state index in [-0.39, 0.29) is 11.3 Å². The third-order valence-electron chi connectivity index (χ3n) is 2.71. The Labute approximate surface area is 116 Å². The van der Waals surface area contributed by atoms with E-state index >= 15 is 0 Å². The third kappa shape index (κ3) is 4.74. The molecule has 0 saturated heterocycles. The number of ether oxygens (including phenoxy) is 1. The lowest BCUT2D eigenvalue weighted by Gasteiger charge is -2.24. The predicted molar refractivity (Wildman–Crippen MR) is 74.5 cm³/mol. The average molecular weight is 315 g/mol. The molecule has 1 aromatic rings. The van der Waals surface area contributed by atoms with Crippen LogP contribution in [0.25, 0.3) is 0 Å². The number of hydrogen-bond acceptors (Lipinski definition) is 3. The standard InChI is InChI=1S/C13H19BrN2O2/c1-13(2,6-8-18-3)9-16-12(17)10-5-4-7-15-11(10)14/h4-5,7H,6,8-9H2,1-3H3,(H,16,17). The van der Waals surface area contributed by atoms with Crippen LogP contribution in [-0.4, -0.2) is 31.2 Å². The molecule has 0 unspecified atom stereocenters. The van der Waals surface area contributed by atoms with E-state index in [0.717, 1.165) is 6.42 Å². The first-order valence-electron chi connectivity index (χ1n) is 5.84. The van der Waals surface area contributed by atoms with Gasteiger partial charge in [-0.2, -0.15) is 0 Å². The molecule has 1 heterocycles. The number of rotatable bonds is 6. The molecule has 5 heteroatoms. The van der Waals surface area contributed by atoms with Gasteiger partial charge in [0, 0.05) is 26.5 Å². The fourth-order valence-electron chi connectivity index (χ4n) is 1.44. The van der Waals surface area contributed by atoms with E-state index < -0.39 is 0 Å². The van der Waals surface area contributed by atoms with Crippen LogP contribution in [0, 0.1) is 5.41 Å². The van der Waals surface area contributed by atoms with Gasteiger partial charge in [0.15, 0.2) is 0 Å². The van der Waals surface area contributed by atoms with E-state index in [1.54, 1.807) is 25.4 Å². The Balaban J connectivity index is 2.54. The maximum absolute atomic E-state index is 12.0. The topological polar surface area (TPSA) is 51.2 Å². The summed E-state index contributed by atoms with van der Waals surface area (Å²) in [6.07, 6.45) is 2.54. The first-order chi connectivity index (χ1) is 8.46. The van der Waals surface area contributed by atoms with Crippen LogP contribution in [0.2, 0.25) is 0 Å². The molecule has 100 valence electrons. The molecule has 1 aromatic heterocycles. The second-order valence-electron chi connectivity index (χ2n) is 4.93. The largest absolute Gasteiger partial charge is 0.385 e. The highest BCUT2D eigenvalue weighted by atomic mass is 79.9. The number of nitrogens with one attached hydrogen (secondary N) is 1. The number of carbonyl (C=O) groups excluding carboxylic acids is 1. The van der Waals surface area contributed by atoms with Crippen LogP contribution in [0.4, 0.5) is 0 Å². The van der Waals surface area contributed by atoms with Gasteiger partial charge in [-0.3, -0.25) is 4.79 Å². The predicted octanol–water partition coefficient (Wildman–Crippen LogP) is 2.64. The molecule has 18 heavy (non-hydrogen) atoms. The molecule has 0 bridgehead atoms. The minimum Gasteiger partial charge on any atom is -0.385 e. The molecule has 0 aromatic carbocycles. The molecule has 0 spiro atoms. The number of pyridine rings is 1. The molecule has 4 nitrogen and oxygen atoms in total. The van der Waals surface area contributed by atoms with Gasteiger partial charge < -0.3 is 10.1 Å². The van der Waals surface area contributed by atoms with Gasteiger partial charge >= 0.3 is 0 Å². The maximum Gasteiger partial charge on any atom is 0.254 e. The van der Waals surface area contributed by atoms with E-state index in [2.05, 4.69) is 40.1 Å². The summed E-state index contributed by atoms with van der Waals surface area (Å²) in [6.45, 7) is 5.51. The summed E-state index contributed by atoms with van der Waals surface area (Å²) in [7, 11) is 1.68. The molecule has 1 rings (SSSR count). The van der Waals surface area contributed by atoms with Crippen molar-refractivity contribution in [2.75, 3.05) is 20.3 Å². The SMILES string of the molecule is COCCC(C)(C)CNC(=O)c1cccnc1Br. The van der Waals surface area contributed by atoms with Gasteiger partial charge in [-0.05, 0) is 39.9 Å². The summed E-state index contributed by atoms with van der Waals surface area (Å²) in [4.78, 5) is 16.0. The number of halogens is 1. The quantitative estimate of drug-likeness (QED) is 0.821. The average Bonchev–Trinajstić information content (AvgIpc) is 2.34. The van der Waals surface area contributed by atoms with Crippen molar-refractivity contribution in [3.63, 3.8) is 0 Å². The molecule has 0 fully saturated rings. The first kappa shape index (κ1) is 15.1. The molecule has 0 aliphatic heterocycles. The number of carbonyl (C=O) groups is 1. The highest BCUT2D eigenvalue weighted by molar-refractivity contribution is 9.10. The number of nitrogens with zero attached hydrogens (tertiary/aromatic N) is 1. The van der Waals surface area contributed by atoms with E-state index in [0.29, 0.717) is 23.3 Å². The van der Waals surface area contributed by atoms with Crippen molar-refractivity contribution in [1.82, 2.24) is 10.3 Å². The zero-order valence-corrected chi connectivity index (χ0v) is 12.6. The molecule has 1 amide bonds. The van der Waals surface area contributed by atoms with Gasteiger partial charge in [0.25, 0.3) is 5.91 Å². The van der Waals surface area contributed by atoms with Gasteiger partial charge in [-0.25, -0.2) is 4.98 Å². The summed E-state index contributed by atoms with van der Waals surface area (Å²) >= 11 is 3.27. The van der Waals surface area contributed by atoms with E-state index in [9.17, 15) is 4.79 Å². The van der Waals surface area contributed by atoms with Gasteiger partial charge in [-0.15, -0.1) is 0 Å². The minimum atomic E-state index is -0.111. The van der Waals surface area contributed by atoms with Crippen molar-refractivity contribution in [3.05, 3.63) is 28.5 Å². The van der Waals surface area contributed by atoms with Crippen molar-refractivity contribution >= 4 is 21.8 Å². The lowest BCUT2D eigenvalue weighted by atomic mass is 9.89. The van der Waals surface area contributed by atoms with Crippen molar-refractivity contribution < 1.29 is 9.53 Å². The van der Waals surface area contributed by atoms with Crippen molar-refractivity contribution in [2.45, 2.75) is 20.3 Å². The molecular formula is C13H19BrN2O2. The monoisotopic (exact) mass is 314 g/mol. The fraction of sp³-hybridized carbons (Fsp3) is 0.538. The fourth-order valence-corrected chi connectivity index (χ4v) is 1.87. The van der Waals surface area contributed by atoms with Gasteiger partial charge in [0.2, 0.25) is 0 Å². The Morgan fingerprint density at radius 2 is 2.28 bits per heavy atom. The first-order valence-corrected chi connectivity index (χ1v) is 6.63. The van der Waals surface area contributed by atoms with E-state index in [4.69, 9.17) is 4.74 Å². The Bertz CT molecular complexity index is 408. The molecule has 0 saturated carbocycles.